The Morgan fingerprint density at radius 2 is 1.89 bits per heavy atom. The largest absolute Gasteiger partial charge is 0.486 e. The SMILES string of the molecule is O=C(COC(=O)c1ccc2c(c1)OCCO2)NCCc1c[nH]c2ccccc12. The van der Waals surface area contributed by atoms with Gasteiger partial charge >= 0.3 is 5.97 Å². The standard InChI is InChI=1S/C21H20N2O5/c24-20(22-8-7-15-12-23-17-4-2-1-3-16(15)17)13-28-21(25)14-5-6-18-19(11-14)27-10-9-26-18/h1-6,11-12,23H,7-10,13H2,(H,22,24). The lowest BCUT2D eigenvalue weighted by atomic mass is 10.1. The first kappa shape index (κ1) is 17.9. The molecule has 2 aromatic carbocycles. The normalized spacial score (nSPS) is 12.6. The molecule has 1 amide bonds. The molecule has 0 aliphatic carbocycles. The summed E-state index contributed by atoms with van der Waals surface area (Å²) in [6.45, 7) is 1.04. The Morgan fingerprint density at radius 1 is 1.07 bits per heavy atom. The lowest BCUT2D eigenvalue weighted by Crippen LogP contribution is -2.30. The van der Waals surface area contributed by atoms with Gasteiger partial charge in [-0.15, -0.1) is 0 Å². The van der Waals surface area contributed by atoms with Crippen molar-refractivity contribution in [3.8, 4) is 11.5 Å². The average Bonchev–Trinajstić information content (AvgIpc) is 3.15. The number of ether oxygens (including phenoxy) is 3. The third-order valence-corrected chi connectivity index (χ3v) is 4.50. The van der Waals surface area contributed by atoms with Gasteiger partial charge in [0.05, 0.1) is 5.56 Å². The first-order chi connectivity index (χ1) is 13.7. The van der Waals surface area contributed by atoms with E-state index in [-0.39, 0.29) is 12.5 Å². The van der Waals surface area contributed by atoms with Gasteiger partial charge in [0.1, 0.15) is 13.2 Å². The van der Waals surface area contributed by atoms with Crippen LogP contribution in [-0.2, 0) is 16.0 Å². The zero-order valence-corrected chi connectivity index (χ0v) is 15.2. The number of fused-ring (bicyclic) bond motifs is 2. The second-order valence-electron chi connectivity index (χ2n) is 6.39. The van der Waals surface area contributed by atoms with E-state index in [4.69, 9.17) is 14.2 Å². The summed E-state index contributed by atoms with van der Waals surface area (Å²) in [5.74, 6) is 0.177. The van der Waals surface area contributed by atoms with Crippen molar-refractivity contribution in [1.29, 1.82) is 0 Å². The summed E-state index contributed by atoms with van der Waals surface area (Å²) in [6, 6.07) is 12.8. The molecule has 0 unspecified atom stereocenters. The van der Waals surface area contributed by atoms with Crippen LogP contribution in [0.15, 0.2) is 48.7 Å². The van der Waals surface area contributed by atoms with Crippen molar-refractivity contribution in [3.05, 3.63) is 59.8 Å². The summed E-state index contributed by atoms with van der Waals surface area (Å²) in [7, 11) is 0. The van der Waals surface area contributed by atoms with E-state index < -0.39 is 5.97 Å². The lowest BCUT2D eigenvalue weighted by Gasteiger charge is -2.18. The monoisotopic (exact) mass is 380 g/mol. The summed E-state index contributed by atoms with van der Waals surface area (Å²) in [4.78, 5) is 27.3. The van der Waals surface area contributed by atoms with Crippen LogP contribution in [0.5, 0.6) is 11.5 Å². The van der Waals surface area contributed by atoms with Crippen molar-refractivity contribution in [1.82, 2.24) is 10.3 Å². The maximum absolute atomic E-state index is 12.1. The second-order valence-corrected chi connectivity index (χ2v) is 6.39. The predicted molar refractivity (Wildman–Crippen MR) is 103 cm³/mol. The zero-order chi connectivity index (χ0) is 19.3. The number of para-hydroxylation sites is 1. The average molecular weight is 380 g/mol. The van der Waals surface area contributed by atoms with Gasteiger partial charge in [0.2, 0.25) is 0 Å². The number of rotatable bonds is 6. The number of nitrogens with one attached hydrogen (secondary N) is 2. The molecule has 0 atom stereocenters. The van der Waals surface area contributed by atoms with Crippen molar-refractivity contribution >= 4 is 22.8 Å². The quantitative estimate of drug-likeness (QED) is 0.641. The van der Waals surface area contributed by atoms with Gasteiger partial charge in [0, 0.05) is 23.6 Å². The summed E-state index contributed by atoms with van der Waals surface area (Å²) < 4.78 is 15.9. The Morgan fingerprint density at radius 3 is 2.79 bits per heavy atom. The zero-order valence-electron chi connectivity index (χ0n) is 15.2. The van der Waals surface area contributed by atoms with Crippen LogP contribution in [-0.4, -0.2) is 43.2 Å². The fourth-order valence-electron chi connectivity index (χ4n) is 3.11. The number of aromatic nitrogens is 1. The number of H-pyrrole nitrogens is 1. The molecule has 3 aromatic rings. The van der Waals surface area contributed by atoms with E-state index in [1.807, 2.05) is 30.5 Å². The molecule has 144 valence electrons. The van der Waals surface area contributed by atoms with Crippen molar-refractivity contribution < 1.29 is 23.8 Å². The Bertz CT molecular complexity index is 1010. The molecular weight excluding hydrogens is 360 g/mol. The second kappa shape index (κ2) is 8.04. The van der Waals surface area contributed by atoms with Crippen LogP contribution in [0.1, 0.15) is 15.9 Å². The van der Waals surface area contributed by atoms with Crippen LogP contribution in [0, 0.1) is 0 Å². The van der Waals surface area contributed by atoms with Gasteiger partial charge in [0.15, 0.2) is 18.1 Å². The molecule has 2 heterocycles. The predicted octanol–water partition coefficient (Wildman–Crippen LogP) is 2.45. The number of carbonyl (C=O) groups excluding carboxylic acids is 2. The van der Waals surface area contributed by atoms with Crippen LogP contribution < -0.4 is 14.8 Å². The molecule has 1 aliphatic rings. The molecule has 0 saturated heterocycles. The number of benzene rings is 2. The number of esters is 1. The van der Waals surface area contributed by atoms with Crippen molar-refractivity contribution in [2.45, 2.75) is 6.42 Å². The fraction of sp³-hybridized carbons (Fsp3) is 0.238. The molecule has 1 aromatic heterocycles. The third-order valence-electron chi connectivity index (χ3n) is 4.50. The van der Waals surface area contributed by atoms with E-state index in [1.165, 1.54) is 0 Å². The third kappa shape index (κ3) is 3.93. The van der Waals surface area contributed by atoms with E-state index in [9.17, 15) is 9.59 Å². The van der Waals surface area contributed by atoms with E-state index in [0.717, 1.165) is 16.5 Å². The lowest BCUT2D eigenvalue weighted by molar-refractivity contribution is -0.124. The Kier molecular flexibility index (Phi) is 5.14. The number of aromatic amines is 1. The smallest absolute Gasteiger partial charge is 0.338 e. The summed E-state index contributed by atoms with van der Waals surface area (Å²) in [5, 5.41) is 3.91. The molecular formula is C21H20N2O5. The Hall–Kier alpha value is -3.48. The van der Waals surface area contributed by atoms with Gasteiger partial charge in [-0.05, 0) is 36.2 Å². The van der Waals surface area contributed by atoms with Gasteiger partial charge in [-0.1, -0.05) is 18.2 Å². The van der Waals surface area contributed by atoms with Crippen LogP contribution in [0.2, 0.25) is 0 Å². The molecule has 2 N–H and O–H groups in total. The molecule has 0 spiro atoms. The minimum atomic E-state index is -0.580. The molecule has 7 nitrogen and oxygen atoms in total. The van der Waals surface area contributed by atoms with Gasteiger partial charge in [0.25, 0.3) is 5.91 Å². The van der Waals surface area contributed by atoms with Crippen LogP contribution >= 0.6 is 0 Å². The number of carbonyl (C=O) groups is 2. The van der Waals surface area contributed by atoms with Gasteiger partial charge in [-0.2, -0.15) is 0 Å². The summed E-state index contributed by atoms with van der Waals surface area (Å²) >= 11 is 0. The van der Waals surface area contributed by atoms with Crippen LogP contribution in [0.4, 0.5) is 0 Å². The van der Waals surface area contributed by atoms with Crippen LogP contribution in [0.25, 0.3) is 10.9 Å². The highest BCUT2D eigenvalue weighted by molar-refractivity contribution is 5.92. The number of amides is 1. The van der Waals surface area contributed by atoms with E-state index in [0.29, 0.717) is 43.2 Å². The summed E-state index contributed by atoms with van der Waals surface area (Å²) in [5.41, 5.74) is 2.51. The highest BCUT2D eigenvalue weighted by atomic mass is 16.6. The minimum absolute atomic E-state index is 0.316. The topological polar surface area (TPSA) is 89.7 Å². The van der Waals surface area contributed by atoms with Crippen molar-refractivity contribution in [3.63, 3.8) is 0 Å². The highest BCUT2D eigenvalue weighted by Crippen LogP contribution is 2.30. The van der Waals surface area contributed by atoms with E-state index in [2.05, 4.69) is 10.3 Å². The molecule has 4 rings (SSSR count). The molecule has 0 fully saturated rings. The van der Waals surface area contributed by atoms with Gasteiger partial charge < -0.3 is 24.5 Å². The summed E-state index contributed by atoms with van der Waals surface area (Å²) in [6.07, 6.45) is 2.63. The molecule has 7 heteroatoms. The maximum atomic E-state index is 12.1. The number of hydrogen-bond donors (Lipinski definition) is 2. The van der Waals surface area contributed by atoms with Crippen molar-refractivity contribution in [2.75, 3.05) is 26.4 Å². The first-order valence-electron chi connectivity index (χ1n) is 9.09. The molecule has 0 bridgehead atoms. The Labute approximate surface area is 161 Å². The first-order valence-corrected chi connectivity index (χ1v) is 9.09. The molecule has 0 radical (unpaired) electrons. The minimum Gasteiger partial charge on any atom is -0.486 e. The van der Waals surface area contributed by atoms with Gasteiger partial charge in [-0.3, -0.25) is 4.79 Å². The van der Waals surface area contributed by atoms with E-state index >= 15 is 0 Å². The number of hydrogen-bond acceptors (Lipinski definition) is 5. The van der Waals surface area contributed by atoms with Gasteiger partial charge in [-0.25, -0.2) is 4.79 Å². The van der Waals surface area contributed by atoms with Crippen LogP contribution in [0.3, 0.4) is 0 Å². The fourth-order valence-corrected chi connectivity index (χ4v) is 3.11. The maximum Gasteiger partial charge on any atom is 0.338 e. The Balaban J connectivity index is 1.24. The van der Waals surface area contributed by atoms with E-state index in [1.54, 1.807) is 18.2 Å². The molecule has 1 aliphatic heterocycles. The molecule has 28 heavy (non-hydrogen) atoms. The van der Waals surface area contributed by atoms with Crippen molar-refractivity contribution in [2.24, 2.45) is 0 Å². The molecule has 0 saturated carbocycles. The highest BCUT2D eigenvalue weighted by Gasteiger charge is 2.16.